The SMILES string of the molecule is Cc1cn(-c2ccc3c(c2)OC(F)(F)O3)/c(=N/C(=O)N[C@@H](C)c2ccccc2)s1. The Hall–Kier alpha value is -3.20. The van der Waals surface area contributed by atoms with E-state index >= 15 is 0 Å². The van der Waals surface area contributed by atoms with E-state index in [2.05, 4.69) is 19.8 Å². The Morgan fingerprint density at radius 2 is 1.90 bits per heavy atom. The summed E-state index contributed by atoms with van der Waals surface area (Å²) in [6.07, 6.45) is -1.91. The molecule has 1 N–H and O–H groups in total. The van der Waals surface area contributed by atoms with Crippen LogP contribution in [0.5, 0.6) is 11.5 Å². The number of hydrogen-bond donors (Lipinski definition) is 1. The Morgan fingerprint density at radius 3 is 2.66 bits per heavy atom. The molecule has 0 unspecified atom stereocenters. The lowest BCUT2D eigenvalue weighted by Crippen LogP contribution is -2.26. The van der Waals surface area contributed by atoms with Gasteiger partial charge < -0.3 is 14.8 Å². The summed E-state index contributed by atoms with van der Waals surface area (Å²) in [4.78, 5) is 17.9. The Morgan fingerprint density at radius 1 is 1.17 bits per heavy atom. The van der Waals surface area contributed by atoms with Crippen LogP contribution >= 0.6 is 11.3 Å². The zero-order valence-corrected chi connectivity index (χ0v) is 16.4. The third kappa shape index (κ3) is 4.14. The van der Waals surface area contributed by atoms with E-state index in [1.165, 1.54) is 23.5 Å². The van der Waals surface area contributed by atoms with Gasteiger partial charge in [-0.3, -0.25) is 4.57 Å². The number of benzene rings is 2. The molecule has 0 aliphatic carbocycles. The maximum Gasteiger partial charge on any atom is 0.586 e. The van der Waals surface area contributed by atoms with Crippen LogP contribution in [-0.2, 0) is 0 Å². The highest BCUT2D eigenvalue weighted by Gasteiger charge is 2.43. The quantitative estimate of drug-likeness (QED) is 0.681. The minimum Gasteiger partial charge on any atom is -0.395 e. The van der Waals surface area contributed by atoms with Crippen LogP contribution in [0, 0.1) is 6.92 Å². The van der Waals surface area contributed by atoms with E-state index in [0.29, 0.717) is 10.5 Å². The van der Waals surface area contributed by atoms with Crippen LogP contribution in [0.25, 0.3) is 5.69 Å². The zero-order chi connectivity index (χ0) is 20.6. The number of alkyl halides is 2. The van der Waals surface area contributed by atoms with Gasteiger partial charge in [0, 0.05) is 17.1 Å². The van der Waals surface area contributed by atoms with Gasteiger partial charge in [-0.1, -0.05) is 30.3 Å². The second-order valence-electron chi connectivity index (χ2n) is 6.49. The predicted molar refractivity (Wildman–Crippen MR) is 104 cm³/mol. The van der Waals surface area contributed by atoms with Crippen LogP contribution in [0.15, 0.2) is 59.7 Å². The molecule has 2 amide bonds. The van der Waals surface area contributed by atoms with Crippen molar-refractivity contribution < 1.29 is 23.0 Å². The average Bonchev–Trinajstić information content (AvgIpc) is 3.18. The van der Waals surface area contributed by atoms with E-state index in [0.717, 1.165) is 10.4 Å². The number of fused-ring (bicyclic) bond motifs is 1. The first-order chi connectivity index (χ1) is 13.8. The van der Waals surface area contributed by atoms with Gasteiger partial charge in [-0.05, 0) is 31.5 Å². The molecule has 2 aromatic carbocycles. The molecule has 4 rings (SSSR count). The Labute approximate surface area is 169 Å². The van der Waals surface area contributed by atoms with Crippen LogP contribution in [0.1, 0.15) is 23.4 Å². The largest absolute Gasteiger partial charge is 0.586 e. The standard InChI is InChI=1S/C20H17F2N3O3S/c1-12-11-25(15-8-9-16-17(10-15)28-20(21,22)27-16)19(29-12)24-18(26)23-13(2)14-6-4-3-5-7-14/h3-11,13H,1-2H3,(H,23,26)/b24-19-/t13-/m0/s1. The normalized spacial score (nSPS) is 15.9. The summed E-state index contributed by atoms with van der Waals surface area (Å²) >= 11 is 1.31. The highest BCUT2D eigenvalue weighted by Crippen LogP contribution is 2.41. The smallest absolute Gasteiger partial charge is 0.395 e. The number of amides is 2. The predicted octanol–water partition coefficient (Wildman–Crippen LogP) is 4.54. The summed E-state index contributed by atoms with van der Waals surface area (Å²) in [5.41, 5.74) is 1.49. The van der Waals surface area contributed by atoms with Gasteiger partial charge in [-0.25, -0.2) is 4.79 Å². The molecule has 0 saturated heterocycles. The molecule has 6 nitrogen and oxygen atoms in total. The molecule has 9 heteroatoms. The zero-order valence-electron chi connectivity index (χ0n) is 15.6. The van der Waals surface area contributed by atoms with Gasteiger partial charge in [-0.2, -0.15) is 4.99 Å². The van der Waals surface area contributed by atoms with Gasteiger partial charge in [0.25, 0.3) is 0 Å². The Kier molecular flexibility index (Phi) is 4.83. The van der Waals surface area contributed by atoms with Crippen molar-refractivity contribution in [1.29, 1.82) is 0 Å². The number of ether oxygens (including phenoxy) is 2. The van der Waals surface area contributed by atoms with E-state index in [9.17, 15) is 13.6 Å². The molecule has 2 heterocycles. The number of aryl methyl sites for hydroxylation is 1. The number of urea groups is 1. The van der Waals surface area contributed by atoms with Crippen LogP contribution in [0.4, 0.5) is 13.6 Å². The van der Waals surface area contributed by atoms with Crippen LogP contribution in [0.3, 0.4) is 0 Å². The van der Waals surface area contributed by atoms with Crippen molar-refractivity contribution in [3.8, 4) is 17.2 Å². The van der Waals surface area contributed by atoms with Crippen molar-refractivity contribution in [1.82, 2.24) is 9.88 Å². The molecule has 0 radical (unpaired) electrons. The fourth-order valence-electron chi connectivity index (χ4n) is 2.94. The van der Waals surface area contributed by atoms with Crippen LogP contribution in [-0.4, -0.2) is 16.9 Å². The maximum atomic E-state index is 13.3. The summed E-state index contributed by atoms with van der Waals surface area (Å²) in [5, 5.41) is 2.83. The molecule has 29 heavy (non-hydrogen) atoms. The molecular formula is C20H17F2N3O3S. The van der Waals surface area contributed by atoms with Gasteiger partial charge in [0.2, 0.25) is 0 Å². The van der Waals surface area contributed by atoms with E-state index in [1.807, 2.05) is 44.2 Å². The molecule has 0 bridgehead atoms. The lowest BCUT2D eigenvalue weighted by molar-refractivity contribution is -0.286. The van der Waals surface area contributed by atoms with E-state index < -0.39 is 12.3 Å². The van der Waals surface area contributed by atoms with E-state index in [4.69, 9.17) is 0 Å². The van der Waals surface area contributed by atoms with Crippen molar-refractivity contribution >= 4 is 17.4 Å². The average molecular weight is 417 g/mol. The van der Waals surface area contributed by atoms with Crippen molar-refractivity contribution in [2.24, 2.45) is 4.99 Å². The Bertz CT molecular complexity index is 1130. The summed E-state index contributed by atoms with van der Waals surface area (Å²) in [5.74, 6) is -0.115. The van der Waals surface area contributed by atoms with Crippen LogP contribution in [0.2, 0.25) is 0 Å². The molecule has 150 valence electrons. The topological polar surface area (TPSA) is 64.8 Å². The van der Waals surface area contributed by atoms with Crippen molar-refractivity contribution in [3.63, 3.8) is 0 Å². The molecule has 0 saturated carbocycles. The van der Waals surface area contributed by atoms with E-state index in [-0.39, 0.29) is 17.5 Å². The minimum atomic E-state index is -3.68. The number of nitrogens with one attached hydrogen (secondary N) is 1. The molecule has 0 spiro atoms. The van der Waals surface area contributed by atoms with Gasteiger partial charge in [-0.15, -0.1) is 20.1 Å². The van der Waals surface area contributed by atoms with Crippen molar-refractivity contribution in [3.05, 3.63) is 70.0 Å². The van der Waals surface area contributed by atoms with Gasteiger partial charge in [0.1, 0.15) is 0 Å². The number of carbonyl (C=O) groups excluding carboxylic acids is 1. The first-order valence-corrected chi connectivity index (χ1v) is 9.62. The second kappa shape index (κ2) is 7.32. The fourth-order valence-corrected chi connectivity index (χ4v) is 3.77. The molecule has 1 aromatic heterocycles. The van der Waals surface area contributed by atoms with Gasteiger partial charge in [0.15, 0.2) is 16.3 Å². The molecular weight excluding hydrogens is 400 g/mol. The number of rotatable bonds is 3. The minimum absolute atomic E-state index is 0.0424. The third-order valence-corrected chi connectivity index (χ3v) is 5.17. The number of thiazole rings is 1. The summed E-state index contributed by atoms with van der Waals surface area (Å²) in [7, 11) is 0. The van der Waals surface area contributed by atoms with E-state index in [1.54, 1.807) is 16.8 Å². The van der Waals surface area contributed by atoms with Crippen molar-refractivity contribution in [2.75, 3.05) is 0 Å². The highest BCUT2D eigenvalue weighted by molar-refractivity contribution is 7.09. The molecule has 3 aromatic rings. The first-order valence-electron chi connectivity index (χ1n) is 8.80. The summed E-state index contributed by atoms with van der Waals surface area (Å²) in [6.45, 7) is 3.74. The monoisotopic (exact) mass is 417 g/mol. The summed E-state index contributed by atoms with van der Waals surface area (Å²) < 4.78 is 37.1. The number of nitrogens with zero attached hydrogens (tertiary/aromatic N) is 2. The number of aromatic nitrogens is 1. The lowest BCUT2D eigenvalue weighted by atomic mass is 10.1. The van der Waals surface area contributed by atoms with Gasteiger partial charge in [0.05, 0.1) is 11.7 Å². The summed E-state index contributed by atoms with van der Waals surface area (Å²) in [6, 6.07) is 13.2. The highest BCUT2D eigenvalue weighted by atomic mass is 32.1. The fraction of sp³-hybridized carbons (Fsp3) is 0.200. The second-order valence-corrected chi connectivity index (χ2v) is 7.70. The third-order valence-electron chi connectivity index (χ3n) is 4.27. The number of hydrogen-bond acceptors (Lipinski definition) is 4. The first kappa shape index (κ1) is 19.1. The maximum absolute atomic E-state index is 13.3. The Balaban J connectivity index is 1.61. The lowest BCUT2D eigenvalue weighted by Gasteiger charge is -2.11. The number of halogens is 2. The molecule has 1 aliphatic heterocycles. The van der Waals surface area contributed by atoms with Crippen LogP contribution < -0.4 is 19.6 Å². The van der Waals surface area contributed by atoms with Gasteiger partial charge >= 0.3 is 12.3 Å². The molecule has 0 fully saturated rings. The number of carbonyl (C=O) groups is 1. The molecule has 1 atom stereocenters. The molecule has 1 aliphatic rings. The van der Waals surface area contributed by atoms with Crippen molar-refractivity contribution in [2.45, 2.75) is 26.2 Å².